The van der Waals surface area contributed by atoms with Crippen molar-refractivity contribution in [3.63, 3.8) is 0 Å². The molecular formula is C18H26N4O2. The maximum absolute atomic E-state index is 5.67. The van der Waals surface area contributed by atoms with Crippen LogP contribution in [-0.4, -0.2) is 54.5 Å². The molecule has 3 rings (SSSR count). The van der Waals surface area contributed by atoms with Gasteiger partial charge >= 0.3 is 0 Å². The molecule has 6 heteroatoms. The molecule has 2 N–H and O–H groups in total. The van der Waals surface area contributed by atoms with E-state index in [4.69, 9.17) is 9.47 Å². The Morgan fingerprint density at radius 2 is 1.96 bits per heavy atom. The number of aromatic nitrogens is 2. The lowest BCUT2D eigenvalue weighted by Crippen LogP contribution is -2.46. The lowest BCUT2D eigenvalue weighted by molar-refractivity contribution is 0.171. The van der Waals surface area contributed by atoms with Crippen LogP contribution in [0.25, 0.3) is 11.3 Å². The summed E-state index contributed by atoms with van der Waals surface area (Å²) in [5.74, 6) is 1.60. The number of hydrogen-bond acceptors (Lipinski definition) is 5. The molecule has 130 valence electrons. The van der Waals surface area contributed by atoms with Crippen LogP contribution in [0.3, 0.4) is 0 Å². The topological polar surface area (TPSA) is 62.4 Å². The fourth-order valence-electron chi connectivity index (χ4n) is 2.56. The molecular weight excluding hydrogens is 304 g/mol. The van der Waals surface area contributed by atoms with Crippen LogP contribution < -0.4 is 14.8 Å². The molecule has 0 amide bonds. The zero-order valence-corrected chi connectivity index (χ0v) is 14.8. The van der Waals surface area contributed by atoms with E-state index in [1.807, 2.05) is 24.4 Å². The summed E-state index contributed by atoms with van der Waals surface area (Å²) >= 11 is 0. The highest BCUT2D eigenvalue weighted by molar-refractivity contribution is 5.66. The van der Waals surface area contributed by atoms with Crippen molar-refractivity contribution >= 4 is 0 Å². The van der Waals surface area contributed by atoms with E-state index in [0.717, 1.165) is 41.4 Å². The molecule has 0 saturated carbocycles. The molecule has 0 unspecified atom stereocenters. The Balaban J connectivity index is 1.71. The summed E-state index contributed by atoms with van der Waals surface area (Å²) in [6.45, 7) is 7.29. The van der Waals surface area contributed by atoms with Gasteiger partial charge in [-0.05, 0) is 46.1 Å². The minimum Gasteiger partial charge on any atom is -0.486 e. The standard InChI is InChI=1S/C18H26N4O2/c1-18(2,22(3)4)12-19-10-14-11-20-21-17(14)13-5-6-15-16(9-13)24-8-7-23-15/h5-6,9,11,19H,7-8,10,12H2,1-4H3,(H,20,21). The molecule has 0 aliphatic carbocycles. The van der Waals surface area contributed by atoms with Crippen LogP contribution >= 0.6 is 0 Å². The Bertz CT molecular complexity index is 694. The van der Waals surface area contributed by atoms with E-state index in [1.54, 1.807) is 0 Å². The number of likely N-dealkylation sites (N-methyl/N-ethyl adjacent to an activating group) is 1. The van der Waals surface area contributed by atoms with Gasteiger partial charge in [-0.1, -0.05) is 0 Å². The number of H-pyrrole nitrogens is 1. The fourth-order valence-corrected chi connectivity index (χ4v) is 2.56. The number of fused-ring (bicyclic) bond motifs is 1. The minimum atomic E-state index is 0.0981. The summed E-state index contributed by atoms with van der Waals surface area (Å²) in [6, 6.07) is 6.00. The van der Waals surface area contributed by atoms with Crippen LogP contribution in [0.1, 0.15) is 19.4 Å². The zero-order valence-electron chi connectivity index (χ0n) is 14.8. The number of nitrogens with one attached hydrogen (secondary N) is 2. The van der Waals surface area contributed by atoms with Gasteiger partial charge in [0, 0.05) is 29.8 Å². The first-order chi connectivity index (χ1) is 11.5. The molecule has 2 aromatic rings. The van der Waals surface area contributed by atoms with Crippen molar-refractivity contribution < 1.29 is 9.47 Å². The summed E-state index contributed by atoms with van der Waals surface area (Å²) in [4.78, 5) is 2.22. The highest BCUT2D eigenvalue weighted by atomic mass is 16.6. The molecule has 0 spiro atoms. The lowest BCUT2D eigenvalue weighted by atomic mass is 10.0. The fraction of sp³-hybridized carbons (Fsp3) is 0.500. The van der Waals surface area contributed by atoms with E-state index in [0.29, 0.717) is 13.2 Å². The summed E-state index contributed by atoms with van der Waals surface area (Å²) in [6.07, 6.45) is 1.88. The second kappa shape index (κ2) is 6.83. The Hall–Kier alpha value is -2.05. The summed E-state index contributed by atoms with van der Waals surface area (Å²) in [7, 11) is 4.19. The average molecular weight is 330 g/mol. The molecule has 1 aliphatic heterocycles. The van der Waals surface area contributed by atoms with Crippen LogP contribution in [-0.2, 0) is 6.54 Å². The molecule has 24 heavy (non-hydrogen) atoms. The van der Waals surface area contributed by atoms with Crippen molar-refractivity contribution in [1.29, 1.82) is 0 Å². The van der Waals surface area contributed by atoms with Gasteiger partial charge in [-0.15, -0.1) is 0 Å². The van der Waals surface area contributed by atoms with Crippen LogP contribution in [0.15, 0.2) is 24.4 Å². The molecule has 0 atom stereocenters. The van der Waals surface area contributed by atoms with E-state index >= 15 is 0 Å². The Kier molecular flexibility index (Phi) is 4.78. The third-order valence-electron chi connectivity index (χ3n) is 4.63. The largest absolute Gasteiger partial charge is 0.486 e. The van der Waals surface area contributed by atoms with Crippen molar-refractivity contribution in [2.45, 2.75) is 25.9 Å². The average Bonchev–Trinajstić information content (AvgIpc) is 3.02. The maximum Gasteiger partial charge on any atom is 0.162 e. The number of rotatable bonds is 6. The van der Waals surface area contributed by atoms with Crippen LogP contribution in [0.5, 0.6) is 11.5 Å². The van der Waals surface area contributed by atoms with E-state index in [-0.39, 0.29) is 5.54 Å². The first-order valence-electron chi connectivity index (χ1n) is 8.28. The van der Waals surface area contributed by atoms with E-state index < -0.39 is 0 Å². The SMILES string of the molecule is CN(C)C(C)(C)CNCc1cn[nH]c1-c1ccc2c(c1)OCCO2. The number of benzene rings is 1. The van der Waals surface area contributed by atoms with Crippen molar-refractivity contribution in [3.05, 3.63) is 30.0 Å². The Morgan fingerprint density at radius 3 is 2.71 bits per heavy atom. The Labute approximate surface area is 143 Å². The van der Waals surface area contributed by atoms with Crippen molar-refractivity contribution in [3.8, 4) is 22.8 Å². The van der Waals surface area contributed by atoms with Crippen LogP contribution in [0.2, 0.25) is 0 Å². The van der Waals surface area contributed by atoms with Gasteiger partial charge < -0.3 is 19.7 Å². The molecule has 0 radical (unpaired) electrons. The highest BCUT2D eigenvalue weighted by Gasteiger charge is 2.20. The summed E-state index contributed by atoms with van der Waals surface area (Å²) in [5.41, 5.74) is 3.31. The molecule has 1 aliphatic rings. The summed E-state index contributed by atoms with van der Waals surface area (Å²) < 4.78 is 11.3. The number of ether oxygens (including phenoxy) is 2. The quantitative estimate of drug-likeness (QED) is 0.851. The monoisotopic (exact) mass is 330 g/mol. The number of aromatic amines is 1. The normalized spacial score (nSPS) is 14.2. The molecule has 0 fully saturated rings. The van der Waals surface area contributed by atoms with Gasteiger partial charge in [0.05, 0.1) is 11.9 Å². The van der Waals surface area contributed by atoms with Crippen molar-refractivity contribution in [2.75, 3.05) is 33.9 Å². The highest BCUT2D eigenvalue weighted by Crippen LogP contribution is 2.34. The smallest absolute Gasteiger partial charge is 0.162 e. The van der Waals surface area contributed by atoms with Gasteiger partial charge in [-0.2, -0.15) is 5.10 Å². The third-order valence-corrected chi connectivity index (χ3v) is 4.63. The van der Waals surface area contributed by atoms with Gasteiger partial charge in [0.15, 0.2) is 11.5 Å². The van der Waals surface area contributed by atoms with Gasteiger partial charge in [0.1, 0.15) is 13.2 Å². The van der Waals surface area contributed by atoms with E-state index in [1.165, 1.54) is 0 Å². The van der Waals surface area contributed by atoms with Crippen LogP contribution in [0, 0.1) is 0 Å². The molecule has 2 heterocycles. The lowest BCUT2D eigenvalue weighted by Gasteiger charge is -2.32. The number of nitrogens with zero attached hydrogens (tertiary/aromatic N) is 2. The summed E-state index contributed by atoms with van der Waals surface area (Å²) in [5, 5.41) is 10.8. The second-order valence-corrected chi connectivity index (χ2v) is 6.94. The molecule has 1 aromatic carbocycles. The molecule has 0 bridgehead atoms. The van der Waals surface area contributed by atoms with Gasteiger partial charge in [-0.25, -0.2) is 0 Å². The third kappa shape index (κ3) is 3.55. The zero-order chi connectivity index (χ0) is 17.2. The van der Waals surface area contributed by atoms with E-state index in [9.17, 15) is 0 Å². The van der Waals surface area contributed by atoms with Gasteiger partial charge in [0.25, 0.3) is 0 Å². The molecule has 0 saturated heterocycles. The second-order valence-electron chi connectivity index (χ2n) is 6.94. The first-order valence-corrected chi connectivity index (χ1v) is 8.28. The van der Waals surface area contributed by atoms with Gasteiger partial charge in [0.2, 0.25) is 0 Å². The predicted molar refractivity (Wildman–Crippen MR) is 94.5 cm³/mol. The van der Waals surface area contributed by atoms with E-state index in [2.05, 4.69) is 48.4 Å². The molecule has 1 aromatic heterocycles. The first kappa shape index (κ1) is 16.8. The van der Waals surface area contributed by atoms with Crippen molar-refractivity contribution in [2.24, 2.45) is 0 Å². The van der Waals surface area contributed by atoms with Crippen LogP contribution in [0.4, 0.5) is 0 Å². The van der Waals surface area contributed by atoms with Crippen molar-refractivity contribution in [1.82, 2.24) is 20.4 Å². The predicted octanol–water partition coefficient (Wildman–Crippen LogP) is 2.28. The maximum atomic E-state index is 5.67. The number of hydrogen-bond donors (Lipinski definition) is 2. The molecule has 6 nitrogen and oxygen atoms in total. The van der Waals surface area contributed by atoms with Gasteiger partial charge in [-0.3, -0.25) is 5.10 Å². The Morgan fingerprint density at radius 1 is 1.21 bits per heavy atom. The minimum absolute atomic E-state index is 0.0981.